The van der Waals surface area contributed by atoms with Gasteiger partial charge in [0.15, 0.2) is 0 Å². The summed E-state index contributed by atoms with van der Waals surface area (Å²) in [4.78, 5) is 7.25. The molecule has 1 unspecified atom stereocenters. The molecule has 1 N–H and O–H groups in total. The third-order valence-corrected chi connectivity index (χ3v) is 6.50. The van der Waals surface area contributed by atoms with Crippen LogP contribution >= 0.6 is 11.3 Å². The second-order valence-electron chi connectivity index (χ2n) is 7.15. The summed E-state index contributed by atoms with van der Waals surface area (Å²) >= 11 is 1.85. The van der Waals surface area contributed by atoms with E-state index in [1.165, 1.54) is 33.0 Å². The highest BCUT2D eigenvalue weighted by Crippen LogP contribution is 2.39. The number of thiophene rings is 1. The van der Waals surface area contributed by atoms with Gasteiger partial charge in [0.25, 0.3) is 0 Å². The van der Waals surface area contributed by atoms with Gasteiger partial charge in [0.2, 0.25) is 0 Å². The molecule has 1 atom stereocenters. The van der Waals surface area contributed by atoms with Crippen LogP contribution in [0.15, 0.2) is 66.2 Å². The van der Waals surface area contributed by atoms with Crippen molar-refractivity contribution in [2.24, 2.45) is 0 Å². The predicted octanol–water partition coefficient (Wildman–Crippen LogP) is 4.83. The van der Waals surface area contributed by atoms with Crippen molar-refractivity contribution in [2.75, 3.05) is 26.2 Å². The molecule has 0 saturated carbocycles. The molecule has 0 aliphatic carbocycles. The van der Waals surface area contributed by atoms with Gasteiger partial charge in [0.05, 0.1) is 11.6 Å². The average Bonchev–Trinajstić information content (AvgIpc) is 2.95. The fourth-order valence-corrected chi connectivity index (χ4v) is 5.23. The van der Waals surface area contributed by atoms with Crippen LogP contribution < -0.4 is 5.32 Å². The van der Waals surface area contributed by atoms with Gasteiger partial charge in [-0.2, -0.15) is 0 Å². The minimum atomic E-state index is 0.258. The minimum absolute atomic E-state index is 0.258. The molecule has 1 aliphatic rings. The molecule has 4 heteroatoms. The van der Waals surface area contributed by atoms with Gasteiger partial charge in [-0.05, 0) is 53.1 Å². The van der Waals surface area contributed by atoms with Crippen LogP contribution in [-0.2, 0) is 0 Å². The Kier molecular flexibility index (Phi) is 4.62. The van der Waals surface area contributed by atoms with Crippen LogP contribution in [0.3, 0.4) is 0 Å². The zero-order chi connectivity index (χ0) is 18.1. The van der Waals surface area contributed by atoms with Crippen molar-refractivity contribution in [1.29, 1.82) is 0 Å². The number of hydrogen-bond donors (Lipinski definition) is 1. The lowest BCUT2D eigenvalue weighted by Crippen LogP contribution is -2.33. The summed E-state index contributed by atoms with van der Waals surface area (Å²) < 4.78 is 1.36. The average molecular weight is 374 g/mol. The molecule has 1 aliphatic heterocycles. The van der Waals surface area contributed by atoms with Crippen molar-refractivity contribution in [3.8, 4) is 0 Å². The molecular formula is C23H23N3S. The van der Waals surface area contributed by atoms with E-state index >= 15 is 0 Å². The zero-order valence-electron chi connectivity index (χ0n) is 15.3. The topological polar surface area (TPSA) is 28.2 Å². The van der Waals surface area contributed by atoms with Crippen molar-refractivity contribution in [1.82, 2.24) is 15.2 Å². The SMILES string of the molecule is c1ccc2c(C(c3csc4ccccc34)N3CCCNCC3)ccnc2c1. The lowest BCUT2D eigenvalue weighted by atomic mass is 9.93. The third kappa shape index (κ3) is 3.14. The van der Waals surface area contributed by atoms with Crippen LogP contribution in [0.5, 0.6) is 0 Å². The van der Waals surface area contributed by atoms with Gasteiger partial charge in [-0.25, -0.2) is 0 Å². The number of nitrogens with zero attached hydrogens (tertiary/aromatic N) is 2. The predicted molar refractivity (Wildman–Crippen MR) is 114 cm³/mol. The smallest absolute Gasteiger partial charge is 0.0705 e. The summed E-state index contributed by atoms with van der Waals surface area (Å²) in [6.45, 7) is 4.32. The highest BCUT2D eigenvalue weighted by molar-refractivity contribution is 7.17. The fourth-order valence-electron chi connectivity index (χ4n) is 4.25. The number of hydrogen-bond acceptors (Lipinski definition) is 4. The molecule has 136 valence electrons. The molecule has 3 nitrogen and oxygen atoms in total. The van der Waals surface area contributed by atoms with Gasteiger partial charge >= 0.3 is 0 Å². The zero-order valence-corrected chi connectivity index (χ0v) is 16.1. The van der Waals surface area contributed by atoms with Crippen molar-refractivity contribution in [3.05, 3.63) is 77.3 Å². The van der Waals surface area contributed by atoms with E-state index in [4.69, 9.17) is 0 Å². The molecule has 0 amide bonds. The maximum atomic E-state index is 4.60. The van der Waals surface area contributed by atoms with Crippen LogP contribution in [-0.4, -0.2) is 36.1 Å². The molecule has 0 radical (unpaired) electrons. The second-order valence-corrected chi connectivity index (χ2v) is 8.06. The summed E-state index contributed by atoms with van der Waals surface area (Å²) in [6, 6.07) is 19.8. The van der Waals surface area contributed by atoms with E-state index in [1.54, 1.807) is 0 Å². The van der Waals surface area contributed by atoms with E-state index in [0.29, 0.717) is 0 Å². The van der Waals surface area contributed by atoms with Gasteiger partial charge in [-0.1, -0.05) is 36.4 Å². The Hall–Kier alpha value is -2.27. The third-order valence-electron chi connectivity index (χ3n) is 5.52. The summed E-state index contributed by atoms with van der Waals surface area (Å²) in [6.07, 6.45) is 3.15. The number of benzene rings is 2. The number of rotatable bonds is 3. The minimum Gasteiger partial charge on any atom is -0.315 e. The Balaban J connectivity index is 1.72. The van der Waals surface area contributed by atoms with Crippen LogP contribution in [0.4, 0.5) is 0 Å². The molecule has 1 fully saturated rings. The van der Waals surface area contributed by atoms with Gasteiger partial charge in [0.1, 0.15) is 0 Å². The number of para-hydroxylation sites is 1. The monoisotopic (exact) mass is 373 g/mol. The fraction of sp³-hybridized carbons (Fsp3) is 0.261. The van der Waals surface area contributed by atoms with Crippen LogP contribution in [0.2, 0.25) is 0 Å². The van der Waals surface area contributed by atoms with Gasteiger partial charge in [0, 0.05) is 35.9 Å². The lowest BCUT2D eigenvalue weighted by molar-refractivity contribution is 0.243. The quantitative estimate of drug-likeness (QED) is 0.557. The molecular weight excluding hydrogens is 350 g/mol. The molecule has 4 aromatic rings. The Labute approximate surface area is 163 Å². The van der Waals surface area contributed by atoms with Gasteiger partial charge < -0.3 is 5.32 Å². The first kappa shape index (κ1) is 16.9. The van der Waals surface area contributed by atoms with E-state index in [2.05, 4.69) is 75.2 Å². The molecule has 2 aromatic heterocycles. The standard InChI is InChI=1S/C23H23N3S/c1-3-8-21-17(6-1)19(10-12-25-21)23(26-14-5-11-24-13-15-26)20-16-27-22-9-4-2-7-18(20)22/h1-4,6-10,12,16,23-24H,5,11,13-15H2. The highest BCUT2D eigenvalue weighted by atomic mass is 32.1. The Morgan fingerprint density at radius 1 is 0.889 bits per heavy atom. The number of aromatic nitrogens is 1. The Bertz CT molecular complexity index is 1060. The van der Waals surface area contributed by atoms with Gasteiger partial charge in [-0.15, -0.1) is 11.3 Å². The van der Waals surface area contributed by atoms with Crippen LogP contribution in [0.25, 0.3) is 21.0 Å². The normalized spacial score (nSPS) is 17.2. The van der Waals surface area contributed by atoms with E-state index in [1.807, 2.05) is 17.5 Å². The van der Waals surface area contributed by atoms with Crippen molar-refractivity contribution in [2.45, 2.75) is 12.5 Å². The molecule has 0 spiro atoms. The molecule has 2 aromatic carbocycles. The molecule has 3 heterocycles. The van der Waals surface area contributed by atoms with E-state index in [9.17, 15) is 0 Å². The number of pyridine rings is 1. The molecule has 5 rings (SSSR count). The van der Waals surface area contributed by atoms with E-state index in [-0.39, 0.29) is 6.04 Å². The number of nitrogens with one attached hydrogen (secondary N) is 1. The number of fused-ring (bicyclic) bond motifs is 2. The highest BCUT2D eigenvalue weighted by Gasteiger charge is 2.27. The second kappa shape index (κ2) is 7.39. The van der Waals surface area contributed by atoms with Crippen molar-refractivity contribution >= 4 is 32.3 Å². The summed E-state index contributed by atoms with van der Waals surface area (Å²) in [7, 11) is 0. The first-order chi connectivity index (χ1) is 13.4. The Morgan fingerprint density at radius 2 is 1.74 bits per heavy atom. The Morgan fingerprint density at radius 3 is 2.70 bits per heavy atom. The summed E-state index contributed by atoms with van der Waals surface area (Å²) in [5, 5.41) is 8.56. The first-order valence-electron chi connectivity index (χ1n) is 9.66. The van der Waals surface area contributed by atoms with E-state index in [0.717, 1.165) is 31.7 Å². The van der Waals surface area contributed by atoms with E-state index < -0.39 is 0 Å². The van der Waals surface area contributed by atoms with Crippen molar-refractivity contribution < 1.29 is 0 Å². The molecule has 1 saturated heterocycles. The summed E-state index contributed by atoms with van der Waals surface area (Å²) in [5.74, 6) is 0. The summed E-state index contributed by atoms with van der Waals surface area (Å²) in [5.41, 5.74) is 3.87. The van der Waals surface area contributed by atoms with Crippen molar-refractivity contribution in [3.63, 3.8) is 0 Å². The lowest BCUT2D eigenvalue weighted by Gasteiger charge is -2.31. The maximum absolute atomic E-state index is 4.60. The molecule has 27 heavy (non-hydrogen) atoms. The molecule has 0 bridgehead atoms. The van der Waals surface area contributed by atoms with Gasteiger partial charge in [-0.3, -0.25) is 9.88 Å². The largest absolute Gasteiger partial charge is 0.315 e. The van der Waals surface area contributed by atoms with Crippen LogP contribution in [0.1, 0.15) is 23.6 Å². The maximum Gasteiger partial charge on any atom is 0.0705 e. The van der Waals surface area contributed by atoms with Crippen LogP contribution in [0, 0.1) is 0 Å². The first-order valence-corrected chi connectivity index (χ1v) is 10.5.